The van der Waals surface area contributed by atoms with Gasteiger partial charge in [0.2, 0.25) is 0 Å². The maximum Gasteiger partial charge on any atom is 0.329 e. The van der Waals surface area contributed by atoms with E-state index >= 15 is 0 Å². The van der Waals surface area contributed by atoms with Crippen LogP contribution in [0.2, 0.25) is 10.0 Å². The highest BCUT2D eigenvalue weighted by Gasteiger charge is 2.13. The fourth-order valence-electron chi connectivity index (χ4n) is 1.85. The van der Waals surface area contributed by atoms with Gasteiger partial charge in [0.05, 0.1) is 5.71 Å². The predicted molar refractivity (Wildman–Crippen MR) is 96.6 cm³/mol. The second-order valence-corrected chi connectivity index (χ2v) is 5.93. The molecular formula is C17H15Cl2N3O2. The molecule has 124 valence electrons. The Morgan fingerprint density at radius 1 is 1.00 bits per heavy atom. The number of nitrogens with one attached hydrogen (secondary N) is 2. The Labute approximate surface area is 149 Å². The van der Waals surface area contributed by atoms with Crippen molar-refractivity contribution in [3.63, 3.8) is 0 Å². The predicted octanol–water partition coefficient (Wildman–Crippen LogP) is 3.78. The fourth-order valence-corrected chi connectivity index (χ4v) is 2.27. The molecule has 2 rings (SSSR count). The number of carbonyl (C=O) groups excluding carboxylic acids is 2. The number of rotatable bonds is 3. The van der Waals surface area contributed by atoms with Crippen molar-refractivity contribution in [1.29, 1.82) is 0 Å². The van der Waals surface area contributed by atoms with E-state index in [4.69, 9.17) is 23.2 Å². The number of hydrogen-bond acceptors (Lipinski definition) is 3. The number of amides is 2. The van der Waals surface area contributed by atoms with E-state index in [1.54, 1.807) is 37.3 Å². The zero-order valence-corrected chi connectivity index (χ0v) is 14.6. The molecule has 0 saturated heterocycles. The first kappa shape index (κ1) is 18.0. The molecule has 0 spiro atoms. The number of hydrazone groups is 1. The third-order valence-electron chi connectivity index (χ3n) is 3.16. The van der Waals surface area contributed by atoms with Gasteiger partial charge in [-0.15, -0.1) is 0 Å². The van der Waals surface area contributed by atoms with Crippen molar-refractivity contribution < 1.29 is 9.59 Å². The summed E-state index contributed by atoms with van der Waals surface area (Å²) in [5, 5.41) is 7.31. The Kier molecular flexibility index (Phi) is 5.95. The minimum Gasteiger partial charge on any atom is -0.318 e. The number of aryl methyl sites for hydroxylation is 1. The average Bonchev–Trinajstić information content (AvgIpc) is 2.56. The van der Waals surface area contributed by atoms with Gasteiger partial charge in [0.25, 0.3) is 0 Å². The summed E-state index contributed by atoms with van der Waals surface area (Å²) in [6.45, 7) is 3.58. The van der Waals surface area contributed by atoms with Crippen molar-refractivity contribution >= 4 is 46.4 Å². The molecule has 2 amide bonds. The van der Waals surface area contributed by atoms with Gasteiger partial charge >= 0.3 is 11.8 Å². The molecule has 2 N–H and O–H groups in total. The molecule has 0 bridgehead atoms. The topological polar surface area (TPSA) is 70.6 Å². The molecule has 2 aromatic rings. The van der Waals surface area contributed by atoms with E-state index in [0.29, 0.717) is 27.0 Å². The van der Waals surface area contributed by atoms with Gasteiger partial charge in [-0.1, -0.05) is 40.9 Å². The van der Waals surface area contributed by atoms with Crippen LogP contribution in [0, 0.1) is 6.92 Å². The van der Waals surface area contributed by atoms with E-state index in [9.17, 15) is 9.59 Å². The molecule has 0 aromatic heterocycles. The maximum absolute atomic E-state index is 11.8. The zero-order chi connectivity index (χ0) is 17.7. The van der Waals surface area contributed by atoms with E-state index in [2.05, 4.69) is 15.8 Å². The monoisotopic (exact) mass is 363 g/mol. The Morgan fingerprint density at radius 2 is 1.67 bits per heavy atom. The summed E-state index contributed by atoms with van der Waals surface area (Å²) in [4.78, 5) is 23.6. The smallest absolute Gasteiger partial charge is 0.318 e. The second-order valence-electron chi connectivity index (χ2n) is 5.08. The lowest BCUT2D eigenvalue weighted by Crippen LogP contribution is -2.32. The quantitative estimate of drug-likeness (QED) is 0.494. The van der Waals surface area contributed by atoms with Crippen LogP contribution in [0.4, 0.5) is 5.69 Å². The molecule has 0 atom stereocenters. The van der Waals surface area contributed by atoms with Crippen LogP contribution in [0.5, 0.6) is 0 Å². The summed E-state index contributed by atoms with van der Waals surface area (Å²) >= 11 is 12.0. The molecule has 7 heteroatoms. The normalized spacial score (nSPS) is 11.1. The summed E-state index contributed by atoms with van der Waals surface area (Å²) in [6.07, 6.45) is 0. The highest BCUT2D eigenvalue weighted by molar-refractivity contribution is 6.40. The van der Waals surface area contributed by atoms with E-state index in [1.807, 2.05) is 19.1 Å². The first-order chi connectivity index (χ1) is 11.4. The Balaban J connectivity index is 2.01. The SMILES string of the molecule is C/C(=N/NC(=O)C(=O)Nc1ccc(C)cc1)c1cc(Cl)ccc1Cl. The molecule has 2 aromatic carbocycles. The standard InChI is InChI=1S/C17H15Cl2N3O2/c1-10-3-6-13(7-4-10)20-16(23)17(24)22-21-11(2)14-9-12(18)5-8-15(14)19/h3-9H,1-2H3,(H,20,23)(H,22,24)/b21-11-. The number of carbonyl (C=O) groups is 2. The summed E-state index contributed by atoms with van der Waals surface area (Å²) in [5.41, 5.74) is 4.78. The van der Waals surface area contributed by atoms with Gasteiger partial charge in [-0.25, -0.2) is 5.43 Å². The third kappa shape index (κ3) is 4.81. The van der Waals surface area contributed by atoms with E-state index < -0.39 is 11.8 Å². The summed E-state index contributed by atoms with van der Waals surface area (Å²) < 4.78 is 0. The van der Waals surface area contributed by atoms with Crippen LogP contribution in [0.1, 0.15) is 18.1 Å². The first-order valence-corrected chi connectivity index (χ1v) is 7.80. The first-order valence-electron chi connectivity index (χ1n) is 7.04. The van der Waals surface area contributed by atoms with Gasteiger partial charge in [0, 0.05) is 21.3 Å². The second kappa shape index (κ2) is 7.95. The van der Waals surface area contributed by atoms with Gasteiger partial charge in [0.15, 0.2) is 0 Å². The highest BCUT2D eigenvalue weighted by atomic mass is 35.5. The molecule has 0 aliphatic rings. The molecule has 0 aliphatic carbocycles. The van der Waals surface area contributed by atoms with Gasteiger partial charge in [0.1, 0.15) is 0 Å². The molecule has 0 saturated carbocycles. The maximum atomic E-state index is 11.8. The number of anilines is 1. The number of hydrogen-bond donors (Lipinski definition) is 2. The van der Waals surface area contributed by atoms with Gasteiger partial charge in [-0.3, -0.25) is 9.59 Å². The fraction of sp³-hybridized carbons (Fsp3) is 0.118. The Bertz CT molecular complexity index is 802. The number of nitrogens with zero attached hydrogens (tertiary/aromatic N) is 1. The van der Waals surface area contributed by atoms with E-state index in [1.165, 1.54) is 0 Å². The molecule has 0 heterocycles. The highest BCUT2D eigenvalue weighted by Crippen LogP contribution is 2.21. The average molecular weight is 364 g/mol. The van der Waals surface area contributed by atoms with Crippen LogP contribution in [0.3, 0.4) is 0 Å². The number of halogens is 2. The van der Waals surface area contributed by atoms with Gasteiger partial charge in [-0.2, -0.15) is 5.10 Å². The van der Waals surface area contributed by atoms with Crippen LogP contribution in [-0.4, -0.2) is 17.5 Å². The van der Waals surface area contributed by atoms with Gasteiger partial charge in [-0.05, 0) is 44.2 Å². The third-order valence-corrected chi connectivity index (χ3v) is 3.72. The van der Waals surface area contributed by atoms with Crippen LogP contribution >= 0.6 is 23.2 Å². The molecule has 5 nitrogen and oxygen atoms in total. The molecular weight excluding hydrogens is 349 g/mol. The van der Waals surface area contributed by atoms with Crippen molar-refractivity contribution in [3.05, 3.63) is 63.6 Å². The van der Waals surface area contributed by atoms with Crippen molar-refractivity contribution in [2.75, 3.05) is 5.32 Å². The van der Waals surface area contributed by atoms with Crippen molar-refractivity contribution in [2.24, 2.45) is 5.10 Å². The summed E-state index contributed by atoms with van der Waals surface area (Å²) in [6, 6.07) is 12.0. The summed E-state index contributed by atoms with van der Waals surface area (Å²) in [7, 11) is 0. The van der Waals surface area contributed by atoms with Crippen LogP contribution in [0.25, 0.3) is 0 Å². The van der Waals surface area contributed by atoms with Crippen molar-refractivity contribution in [1.82, 2.24) is 5.43 Å². The Hall–Kier alpha value is -2.37. The number of benzene rings is 2. The lowest BCUT2D eigenvalue weighted by molar-refractivity contribution is -0.136. The Morgan fingerprint density at radius 3 is 2.33 bits per heavy atom. The molecule has 24 heavy (non-hydrogen) atoms. The van der Waals surface area contributed by atoms with Crippen LogP contribution in [0.15, 0.2) is 47.6 Å². The molecule has 0 aliphatic heterocycles. The summed E-state index contributed by atoms with van der Waals surface area (Å²) in [5.74, 6) is -1.69. The largest absolute Gasteiger partial charge is 0.329 e. The van der Waals surface area contributed by atoms with Crippen LogP contribution in [-0.2, 0) is 9.59 Å². The zero-order valence-electron chi connectivity index (χ0n) is 13.1. The molecule has 0 radical (unpaired) electrons. The van der Waals surface area contributed by atoms with Crippen molar-refractivity contribution in [3.8, 4) is 0 Å². The van der Waals surface area contributed by atoms with Gasteiger partial charge < -0.3 is 5.32 Å². The lowest BCUT2D eigenvalue weighted by atomic mass is 10.1. The molecule has 0 fully saturated rings. The van der Waals surface area contributed by atoms with E-state index in [0.717, 1.165) is 5.56 Å². The van der Waals surface area contributed by atoms with E-state index in [-0.39, 0.29) is 0 Å². The minimum atomic E-state index is -0.881. The van der Waals surface area contributed by atoms with Crippen molar-refractivity contribution in [2.45, 2.75) is 13.8 Å². The molecule has 0 unspecified atom stereocenters. The minimum absolute atomic E-state index is 0.430. The van der Waals surface area contributed by atoms with Crippen LogP contribution < -0.4 is 10.7 Å². The lowest BCUT2D eigenvalue weighted by Gasteiger charge is -2.06.